The maximum Gasteiger partial charge on any atom is 0.337 e. The zero-order valence-electron chi connectivity index (χ0n) is 9.86. The zero-order chi connectivity index (χ0) is 13.4. The minimum absolute atomic E-state index is 0.264. The number of rotatable bonds is 1. The van der Waals surface area contributed by atoms with Gasteiger partial charge in [0.05, 0.1) is 12.7 Å². The van der Waals surface area contributed by atoms with E-state index in [-0.39, 0.29) is 13.2 Å². The van der Waals surface area contributed by atoms with Crippen molar-refractivity contribution in [2.24, 2.45) is 0 Å². The highest BCUT2D eigenvalue weighted by Gasteiger charge is 2.07. The number of aliphatic hydroxyl groups is 2. The van der Waals surface area contributed by atoms with Crippen LogP contribution in [0, 0.1) is 23.7 Å². The van der Waals surface area contributed by atoms with E-state index in [1.165, 1.54) is 7.11 Å². The maximum atomic E-state index is 11.4. The highest BCUT2D eigenvalue weighted by atomic mass is 16.5. The van der Waals surface area contributed by atoms with Crippen molar-refractivity contribution in [1.82, 2.24) is 0 Å². The van der Waals surface area contributed by atoms with Gasteiger partial charge in [-0.15, -0.1) is 0 Å². The zero-order valence-corrected chi connectivity index (χ0v) is 9.86. The number of ether oxygens (including phenoxy) is 1. The quantitative estimate of drug-likeness (QED) is 0.545. The Hall–Kier alpha value is -2.27. The van der Waals surface area contributed by atoms with Crippen LogP contribution in [-0.2, 0) is 4.74 Å². The van der Waals surface area contributed by atoms with Crippen LogP contribution in [0.1, 0.15) is 21.5 Å². The number of carbonyl (C=O) groups is 1. The smallest absolute Gasteiger partial charge is 0.337 e. The summed E-state index contributed by atoms with van der Waals surface area (Å²) in [5, 5.41) is 17.3. The summed E-state index contributed by atoms with van der Waals surface area (Å²) < 4.78 is 4.62. The molecule has 0 radical (unpaired) electrons. The van der Waals surface area contributed by atoms with E-state index in [2.05, 4.69) is 28.4 Å². The largest absolute Gasteiger partial charge is 0.465 e. The average Bonchev–Trinajstić information content (AvgIpc) is 2.41. The lowest BCUT2D eigenvalue weighted by molar-refractivity contribution is 0.0600. The Morgan fingerprint density at radius 3 is 2.00 bits per heavy atom. The van der Waals surface area contributed by atoms with Crippen molar-refractivity contribution in [2.75, 3.05) is 20.3 Å². The summed E-state index contributed by atoms with van der Waals surface area (Å²) in [4.78, 5) is 11.4. The summed E-state index contributed by atoms with van der Waals surface area (Å²) in [6.45, 7) is -0.528. The predicted molar refractivity (Wildman–Crippen MR) is 65.7 cm³/mol. The van der Waals surface area contributed by atoms with Crippen LogP contribution in [-0.4, -0.2) is 36.5 Å². The number of aliphatic hydroxyl groups excluding tert-OH is 2. The van der Waals surface area contributed by atoms with Gasteiger partial charge in [-0.05, 0) is 18.2 Å². The third kappa shape index (κ3) is 3.95. The number of benzene rings is 1. The molecule has 0 aromatic heterocycles. The lowest BCUT2D eigenvalue weighted by Crippen LogP contribution is -2.02. The van der Waals surface area contributed by atoms with Gasteiger partial charge in [-0.2, -0.15) is 0 Å². The predicted octanol–water partition coefficient (Wildman–Crippen LogP) is 0.161. The van der Waals surface area contributed by atoms with Gasteiger partial charge in [0.2, 0.25) is 0 Å². The summed E-state index contributed by atoms with van der Waals surface area (Å²) in [5.41, 5.74) is 1.42. The second-order valence-corrected chi connectivity index (χ2v) is 3.21. The lowest BCUT2D eigenvalue weighted by Gasteiger charge is -2.01. The van der Waals surface area contributed by atoms with Gasteiger partial charge >= 0.3 is 5.97 Å². The first kappa shape index (κ1) is 13.8. The second kappa shape index (κ2) is 7.13. The fraction of sp³-hybridized carbons (Fsp3) is 0.214. The normalized spacial score (nSPS) is 8.61. The lowest BCUT2D eigenvalue weighted by atomic mass is 10.1. The van der Waals surface area contributed by atoms with Crippen LogP contribution in [0.4, 0.5) is 0 Å². The Kier molecular flexibility index (Phi) is 5.47. The fourth-order valence-electron chi connectivity index (χ4n) is 1.29. The second-order valence-electron chi connectivity index (χ2n) is 3.21. The molecule has 0 unspecified atom stereocenters. The minimum atomic E-state index is -0.491. The average molecular weight is 244 g/mol. The molecular weight excluding hydrogens is 232 g/mol. The Morgan fingerprint density at radius 2 is 1.61 bits per heavy atom. The molecular formula is C14H12O4. The van der Waals surface area contributed by atoms with Crippen molar-refractivity contribution >= 4 is 5.97 Å². The van der Waals surface area contributed by atoms with E-state index in [9.17, 15) is 4.79 Å². The molecule has 1 rings (SSSR count). The molecule has 0 amide bonds. The molecule has 0 spiro atoms. The molecule has 0 bridgehead atoms. The molecule has 0 saturated carbocycles. The van der Waals surface area contributed by atoms with Gasteiger partial charge in [0.1, 0.15) is 13.2 Å². The van der Waals surface area contributed by atoms with E-state index in [4.69, 9.17) is 10.2 Å². The highest BCUT2D eigenvalue weighted by molar-refractivity contribution is 5.90. The molecule has 1 aromatic rings. The van der Waals surface area contributed by atoms with E-state index in [0.717, 1.165) is 0 Å². The molecule has 92 valence electrons. The molecule has 0 aliphatic carbocycles. The number of hydrogen-bond acceptors (Lipinski definition) is 4. The molecule has 1 aromatic carbocycles. The van der Waals surface area contributed by atoms with E-state index in [1.54, 1.807) is 18.2 Å². The summed E-state index contributed by atoms with van der Waals surface area (Å²) in [6, 6.07) is 4.77. The van der Waals surface area contributed by atoms with E-state index < -0.39 is 5.97 Å². The summed E-state index contributed by atoms with van der Waals surface area (Å²) in [6.07, 6.45) is 0. The molecule has 4 heteroatoms. The molecule has 0 aliphatic rings. The van der Waals surface area contributed by atoms with Crippen molar-refractivity contribution in [3.63, 3.8) is 0 Å². The van der Waals surface area contributed by atoms with Gasteiger partial charge in [-0.1, -0.05) is 23.7 Å². The topological polar surface area (TPSA) is 66.8 Å². The Morgan fingerprint density at radius 1 is 1.11 bits per heavy atom. The van der Waals surface area contributed by atoms with Crippen molar-refractivity contribution in [1.29, 1.82) is 0 Å². The molecule has 0 saturated heterocycles. The number of esters is 1. The van der Waals surface area contributed by atoms with Gasteiger partial charge in [0, 0.05) is 11.1 Å². The van der Waals surface area contributed by atoms with E-state index in [0.29, 0.717) is 16.7 Å². The van der Waals surface area contributed by atoms with Crippen LogP contribution >= 0.6 is 0 Å². The van der Waals surface area contributed by atoms with Gasteiger partial charge in [-0.25, -0.2) is 4.79 Å². The molecule has 0 aliphatic heterocycles. The van der Waals surface area contributed by atoms with Gasteiger partial charge < -0.3 is 14.9 Å². The van der Waals surface area contributed by atoms with Crippen molar-refractivity contribution in [3.05, 3.63) is 34.9 Å². The number of hydrogen-bond donors (Lipinski definition) is 2. The van der Waals surface area contributed by atoms with Gasteiger partial charge in [-0.3, -0.25) is 0 Å². The summed E-state index contributed by atoms with van der Waals surface area (Å²) in [7, 11) is 1.29. The Labute approximate surface area is 105 Å². The van der Waals surface area contributed by atoms with Crippen molar-refractivity contribution in [2.45, 2.75) is 0 Å². The standard InChI is InChI=1S/C14H12O4/c1-18-14(17)13-9-11(4-2-6-15)8-12(10-13)5-3-7-16/h8-10,15-16H,6-7H2,1H3. The van der Waals surface area contributed by atoms with Crippen LogP contribution in [0.3, 0.4) is 0 Å². The molecule has 0 atom stereocenters. The summed E-state index contributed by atoms with van der Waals surface area (Å²) in [5.74, 6) is 9.87. The molecule has 4 nitrogen and oxygen atoms in total. The Bertz CT molecular complexity index is 512. The maximum absolute atomic E-state index is 11.4. The van der Waals surface area contributed by atoms with Crippen LogP contribution in [0.25, 0.3) is 0 Å². The van der Waals surface area contributed by atoms with Crippen LogP contribution in [0.2, 0.25) is 0 Å². The van der Waals surface area contributed by atoms with Crippen molar-refractivity contribution in [3.8, 4) is 23.7 Å². The highest BCUT2D eigenvalue weighted by Crippen LogP contribution is 2.10. The molecule has 0 fully saturated rings. The molecule has 18 heavy (non-hydrogen) atoms. The summed E-state index contributed by atoms with van der Waals surface area (Å²) >= 11 is 0. The molecule has 0 heterocycles. The Balaban J connectivity index is 3.23. The third-order valence-corrected chi connectivity index (χ3v) is 1.98. The minimum Gasteiger partial charge on any atom is -0.465 e. The number of methoxy groups -OCH3 is 1. The van der Waals surface area contributed by atoms with Crippen LogP contribution in [0.15, 0.2) is 18.2 Å². The van der Waals surface area contributed by atoms with Gasteiger partial charge in [0.15, 0.2) is 0 Å². The molecule has 2 N–H and O–H groups in total. The van der Waals surface area contributed by atoms with Gasteiger partial charge in [0.25, 0.3) is 0 Å². The van der Waals surface area contributed by atoms with E-state index in [1.807, 2.05) is 0 Å². The van der Waals surface area contributed by atoms with Crippen LogP contribution in [0.5, 0.6) is 0 Å². The van der Waals surface area contributed by atoms with Crippen LogP contribution < -0.4 is 0 Å². The SMILES string of the molecule is COC(=O)c1cc(C#CCO)cc(C#CCO)c1. The monoisotopic (exact) mass is 244 g/mol. The van der Waals surface area contributed by atoms with Crippen molar-refractivity contribution < 1.29 is 19.7 Å². The first-order chi connectivity index (χ1) is 8.71. The number of carbonyl (C=O) groups excluding carboxylic acids is 1. The van der Waals surface area contributed by atoms with E-state index >= 15 is 0 Å². The third-order valence-electron chi connectivity index (χ3n) is 1.98. The first-order valence-electron chi connectivity index (χ1n) is 5.14. The first-order valence-corrected chi connectivity index (χ1v) is 5.14. The fourth-order valence-corrected chi connectivity index (χ4v) is 1.29.